The summed E-state index contributed by atoms with van der Waals surface area (Å²) in [7, 11) is -1.75. The van der Waals surface area contributed by atoms with Crippen LogP contribution in [0, 0.1) is 0 Å². The second kappa shape index (κ2) is 8.44. The van der Waals surface area contributed by atoms with E-state index in [1.807, 2.05) is 4.98 Å². The monoisotopic (exact) mass is 409 g/mol. The van der Waals surface area contributed by atoms with Gasteiger partial charge in [0.15, 0.2) is 11.9 Å². The summed E-state index contributed by atoms with van der Waals surface area (Å²) in [4.78, 5) is 36.2. The van der Waals surface area contributed by atoms with Gasteiger partial charge in [0, 0.05) is 12.3 Å². The molecule has 3 N–H and O–H groups in total. The van der Waals surface area contributed by atoms with Crippen molar-refractivity contribution in [3.8, 4) is 0 Å². The molecule has 1 saturated heterocycles. The lowest BCUT2D eigenvalue weighted by molar-refractivity contribution is -0.142. The highest BCUT2D eigenvalue weighted by Gasteiger charge is 2.55. The van der Waals surface area contributed by atoms with Gasteiger partial charge < -0.3 is 19.1 Å². The molecule has 11 nitrogen and oxygen atoms in total. The normalized spacial score (nSPS) is 30.0. The predicted molar refractivity (Wildman–Crippen MR) is 90.3 cm³/mol. The van der Waals surface area contributed by atoms with Crippen molar-refractivity contribution >= 4 is 14.1 Å². The Morgan fingerprint density at radius 1 is 1.59 bits per heavy atom. The maximum Gasteiger partial charge on any atom is 0.330 e. The first-order valence-electron chi connectivity index (χ1n) is 7.93. The number of alkyl halides is 1. The number of esters is 1. The molecule has 0 amide bonds. The van der Waals surface area contributed by atoms with Gasteiger partial charge >= 0.3 is 11.7 Å². The lowest BCUT2D eigenvalue weighted by Crippen LogP contribution is -2.43. The molecule has 1 aromatic heterocycles. The lowest BCUT2D eigenvalue weighted by Gasteiger charge is -2.24. The number of aromatic nitrogens is 2. The number of methoxy groups -OCH3 is 1. The predicted octanol–water partition coefficient (Wildman–Crippen LogP) is -0.919. The van der Waals surface area contributed by atoms with Gasteiger partial charge in [-0.05, 0) is 13.8 Å². The molecule has 0 spiro atoms. The first-order chi connectivity index (χ1) is 12.6. The van der Waals surface area contributed by atoms with E-state index >= 15 is 0 Å². The van der Waals surface area contributed by atoms with Gasteiger partial charge in [0.2, 0.25) is 0 Å². The van der Waals surface area contributed by atoms with E-state index in [9.17, 15) is 28.4 Å². The largest absolute Gasteiger partial charge is 0.468 e. The number of carbonyl (C=O) groups is 1. The smallest absolute Gasteiger partial charge is 0.330 e. The van der Waals surface area contributed by atoms with Crippen molar-refractivity contribution in [1.82, 2.24) is 14.6 Å². The molecule has 2 heterocycles. The van der Waals surface area contributed by atoms with Crippen LogP contribution in [0.3, 0.4) is 0 Å². The summed E-state index contributed by atoms with van der Waals surface area (Å²) < 4.78 is 42.5. The molecule has 6 atom stereocenters. The molecule has 0 aliphatic carbocycles. The number of hydrogen-bond donors (Lipinski definition) is 3. The third kappa shape index (κ3) is 4.71. The first-order valence-corrected chi connectivity index (χ1v) is 9.24. The number of halogens is 1. The Morgan fingerprint density at radius 2 is 2.26 bits per heavy atom. The molecule has 1 aromatic rings. The molecule has 2 rings (SSSR count). The van der Waals surface area contributed by atoms with Gasteiger partial charge in [-0.3, -0.25) is 23.7 Å². The van der Waals surface area contributed by atoms with Gasteiger partial charge in [-0.25, -0.2) is 14.3 Å². The molecule has 1 unspecified atom stereocenters. The maximum atomic E-state index is 14.9. The Kier molecular flexibility index (Phi) is 6.71. The molecule has 13 heteroatoms. The third-order valence-corrected chi connectivity index (χ3v) is 5.19. The quantitative estimate of drug-likeness (QED) is 0.384. The second-order valence-electron chi connectivity index (χ2n) is 6.13. The highest BCUT2D eigenvalue weighted by Crippen LogP contribution is 2.41. The average Bonchev–Trinajstić information content (AvgIpc) is 2.82. The van der Waals surface area contributed by atoms with Crippen LogP contribution in [0.2, 0.25) is 0 Å². The van der Waals surface area contributed by atoms with E-state index in [1.54, 1.807) is 0 Å². The van der Waals surface area contributed by atoms with E-state index in [4.69, 9.17) is 9.26 Å². The molecule has 1 aliphatic heterocycles. The van der Waals surface area contributed by atoms with Crippen molar-refractivity contribution in [2.45, 2.75) is 44.0 Å². The standard InChI is InChI=1S/C14H21FN3O8P/c1-7(11(21)24-3)17-27(23)25-6-8-10(20)14(2,15)12(26-8)18-5-4-9(19)16-13(18)22/h4-5,7-8,10,12,20,27H,6H2,1-3H3,(H,17,23)(H,16,19,22)/t7-,8+,10+,12+,14+/m0/s1. The minimum atomic E-state index is -2.92. The zero-order valence-electron chi connectivity index (χ0n) is 14.8. The number of nitrogens with one attached hydrogen (secondary N) is 2. The summed E-state index contributed by atoms with van der Waals surface area (Å²) >= 11 is 0. The molecule has 1 fully saturated rings. The summed E-state index contributed by atoms with van der Waals surface area (Å²) in [5, 5.41) is 12.5. The fourth-order valence-electron chi connectivity index (χ4n) is 2.57. The minimum Gasteiger partial charge on any atom is -0.468 e. The number of aliphatic hydroxyl groups excluding tert-OH is 1. The van der Waals surface area contributed by atoms with E-state index in [0.717, 1.165) is 23.8 Å². The van der Waals surface area contributed by atoms with Crippen molar-refractivity contribution in [3.63, 3.8) is 0 Å². The van der Waals surface area contributed by atoms with Crippen LogP contribution in [0.25, 0.3) is 0 Å². The maximum absolute atomic E-state index is 14.9. The lowest BCUT2D eigenvalue weighted by atomic mass is 9.98. The molecule has 1 aliphatic rings. The molecule has 0 saturated carbocycles. The summed E-state index contributed by atoms with van der Waals surface area (Å²) in [5.74, 6) is -0.650. The average molecular weight is 409 g/mol. The molecular formula is C14H21FN3O8P. The van der Waals surface area contributed by atoms with Crippen LogP contribution < -0.4 is 16.3 Å². The number of hydrogen-bond acceptors (Lipinski definition) is 8. The molecule has 0 radical (unpaired) electrons. The third-order valence-electron chi connectivity index (χ3n) is 4.09. The van der Waals surface area contributed by atoms with Crippen molar-refractivity contribution in [3.05, 3.63) is 33.1 Å². The van der Waals surface area contributed by atoms with Crippen molar-refractivity contribution < 1.29 is 32.9 Å². The van der Waals surface area contributed by atoms with Crippen LogP contribution in [-0.4, -0.2) is 58.3 Å². The number of H-pyrrole nitrogens is 1. The number of nitrogens with zero attached hydrogens (tertiary/aromatic N) is 1. The SMILES string of the molecule is COC(=O)[C@H](C)N[PH](=O)OC[C@H]1O[C@@H](n2ccc(=O)[nH]c2=O)[C@](C)(F)[C@@H]1O. The zero-order valence-corrected chi connectivity index (χ0v) is 15.8. The van der Waals surface area contributed by atoms with Gasteiger partial charge in [0.1, 0.15) is 18.2 Å². The van der Waals surface area contributed by atoms with Gasteiger partial charge in [0.05, 0.1) is 13.7 Å². The Labute approximate surface area is 153 Å². The van der Waals surface area contributed by atoms with Crippen LogP contribution in [0.15, 0.2) is 21.9 Å². The Bertz CT molecular complexity index is 825. The van der Waals surface area contributed by atoms with Crippen LogP contribution in [0.1, 0.15) is 20.1 Å². The number of aromatic amines is 1. The summed E-state index contributed by atoms with van der Waals surface area (Å²) in [5.41, 5.74) is -3.97. The zero-order chi connectivity index (χ0) is 20.4. The minimum absolute atomic E-state index is 0.464. The fraction of sp³-hybridized carbons (Fsp3) is 0.643. The fourth-order valence-corrected chi connectivity index (χ4v) is 3.44. The van der Waals surface area contributed by atoms with E-state index in [2.05, 4.69) is 9.82 Å². The van der Waals surface area contributed by atoms with Crippen LogP contribution in [-0.2, 0) is 23.4 Å². The molecule has 0 aromatic carbocycles. The topological polar surface area (TPSA) is 149 Å². The molecule has 0 bridgehead atoms. The molecular weight excluding hydrogens is 388 g/mol. The van der Waals surface area contributed by atoms with E-state index in [1.165, 1.54) is 14.0 Å². The number of rotatable bonds is 7. The Balaban J connectivity index is 2.05. The van der Waals surface area contributed by atoms with E-state index in [-0.39, 0.29) is 0 Å². The summed E-state index contributed by atoms with van der Waals surface area (Å²) in [6.45, 7) is 1.98. The number of aliphatic hydroxyl groups is 1. The van der Waals surface area contributed by atoms with Crippen molar-refractivity contribution in [2.75, 3.05) is 13.7 Å². The summed E-state index contributed by atoms with van der Waals surface area (Å²) in [6, 6.07) is 0.114. The Hall–Kier alpha value is -1.85. The van der Waals surface area contributed by atoms with Crippen LogP contribution in [0.5, 0.6) is 0 Å². The van der Waals surface area contributed by atoms with Gasteiger partial charge in [-0.15, -0.1) is 0 Å². The second-order valence-corrected chi connectivity index (χ2v) is 7.28. The Morgan fingerprint density at radius 3 is 2.85 bits per heavy atom. The number of carbonyl (C=O) groups excluding carboxylic acids is 1. The van der Waals surface area contributed by atoms with Crippen LogP contribution >= 0.6 is 8.18 Å². The van der Waals surface area contributed by atoms with E-state index < -0.39 is 62.2 Å². The highest BCUT2D eigenvalue weighted by molar-refractivity contribution is 7.36. The van der Waals surface area contributed by atoms with Gasteiger partial charge in [-0.2, -0.15) is 0 Å². The summed E-state index contributed by atoms with van der Waals surface area (Å²) in [6.07, 6.45) is -3.43. The molecule has 152 valence electrons. The van der Waals surface area contributed by atoms with Crippen molar-refractivity contribution in [1.29, 1.82) is 0 Å². The van der Waals surface area contributed by atoms with Crippen LogP contribution in [0.4, 0.5) is 4.39 Å². The number of ether oxygens (including phenoxy) is 2. The van der Waals surface area contributed by atoms with Gasteiger partial charge in [-0.1, -0.05) is 0 Å². The van der Waals surface area contributed by atoms with E-state index in [0.29, 0.717) is 0 Å². The first kappa shape index (κ1) is 21.5. The highest BCUT2D eigenvalue weighted by atomic mass is 31.1. The van der Waals surface area contributed by atoms with Crippen molar-refractivity contribution in [2.24, 2.45) is 0 Å². The molecule has 27 heavy (non-hydrogen) atoms. The van der Waals surface area contributed by atoms with Gasteiger partial charge in [0.25, 0.3) is 13.7 Å².